The number of carbonyl (C=O) groups excluding carboxylic acids is 2. The SMILES string of the molecule is Cl.N=C(N)c1ccc(C(=O)NCC(=O)c2ccc(OCC(=O)O)cc2)nc1. The average molecular weight is 393 g/mol. The number of rotatable bonds is 8. The molecule has 0 saturated carbocycles. The first kappa shape index (κ1) is 21.6. The third kappa shape index (κ3) is 6.40. The van der Waals surface area contributed by atoms with Gasteiger partial charge in [0.15, 0.2) is 12.4 Å². The maximum Gasteiger partial charge on any atom is 0.341 e. The molecule has 0 aliphatic rings. The smallest absolute Gasteiger partial charge is 0.341 e. The normalized spacial score (nSPS) is 9.63. The van der Waals surface area contributed by atoms with Crippen molar-refractivity contribution in [1.29, 1.82) is 5.41 Å². The minimum atomic E-state index is -1.10. The first-order valence-electron chi connectivity index (χ1n) is 7.43. The van der Waals surface area contributed by atoms with Crippen molar-refractivity contribution in [2.45, 2.75) is 0 Å². The lowest BCUT2D eigenvalue weighted by molar-refractivity contribution is -0.139. The molecule has 1 aromatic heterocycles. The zero-order valence-corrected chi connectivity index (χ0v) is 14.8. The highest BCUT2D eigenvalue weighted by molar-refractivity contribution is 6.02. The summed E-state index contributed by atoms with van der Waals surface area (Å²) in [4.78, 5) is 38.4. The number of Topliss-reactive ketones (excluding diaryl/α,β-unsaturated/α-hetero) is 1. The van der Waals surface area contributed by atoms with E-state index in [-0.39, 0.29) is 36.3 Å². The molecule has 0 atom stereocenters. The van der Waals surface area contributed by atoms with E-state index in [1.807, 2.05) is 0 Å². The zero-order valence-electron chi connectivity index (χ0n) is 14.0. The molecule has 0 spiro atoms. The maximum absolute atomic E-state index is 12.1. The van der Waals surface area contributed by atoms with Gasteiger partial charge in [0.05, 0.1) is 6.54 Å². The van der Waals surface area contributed by atoms with E-state index < -0.39 is 18.5 Å². The van der Waals surface area contributed by atoms with Crippen LogP contribution in [0.25, 0.3) is 0 Å². The number of halogens is 1. The minimum absolute atomic E-state index is 0. The molecule has 0 saturated heterocycles. The second kappa shape index (κ2) is 9.88. The molecule has 0 bridgehead atoms. The van der Waals surface area contributed by atoms with Gasteiger partial charge in [0.25, 0.3) is 5.91 Å². The molecule has 2 aromatic rings. The van der Waals surface area contributed by atoms with Gasteiger partial charge in [-0.15, -0.1) is 12.4 Å². The zero-order chi connectivity index (χ0) is 19.1. The van der Waals surface area contributed by atoms with Crippen LogP contribution in [0.3, 0.4) is 0 Å². The molecule has 0 aliphatic heterocycles. The van der Waals surface area contributed by atoms with Gasteiger partial charge in [-0.3, -0.25) is 20.0 Å². The number of aromatic nitrogens is 1. The number of carboxylic acid groups (broad SMARTS) is 1. The lowest BCUT2D eigenvalue weighted by atomic mass is 10.1. The standard InChI is InChI=1S/C17H16N4O5.ClH/c18-16(19)11-3-6-13(20-7-11)17(25)21-8-14(22)10-1-4-12(5-2-10)26-9-15(23)24;/h1-7H,8-9H2,(H3,18,19)(H,21,25)(H,23,24);1H. The second-order valence-electron chi connectivity index (χ2n) is 5.16. The molecule has 1 amide bonds. The Morgan fingerprint density at radius 1 is 1.11 bits per heavy atom. The van der Waals surface area contributed by atoms with Gasteiger partial charge >= 0.3 is 5.97 Å². The summed E-state index contributed by atoms with van der Waals surface area (Å²) in [6.07, 6.45) is 1.30. The van der Waals surface area contributed by atoms with Crippen LogP contribution in [0.1, 0.15) is 26.4 Å². The molecule has 27 heavy (non-hydrogen) atoms. The van der Waals surface area contributed by atoms with E-state index in [2.05, 4.69) is 10.3 Å². The topological polar surface area (TPSA) is 155 Å². The number of amidine groups is 1. The Kier molecular flexibility index (Phi) is 7.89. The number of nitrogens with one attached hydrogen (secondary N) is 2. The van der Waals surface area contributed by atoms with E-state index in [1.165, 1.54) is 42.6 Å². The van der Waals surface area contributed by atoms with Gasteiger partial charge < -0.3 is 20.9 Å². The fourth-order valence-corrected chi connectivity index (χ4v) is 1.92. The monoisotopic (exact) mass is 392 g/mol. The van der Waals surface area contributed by atoms with Crippen LogP contribution in [-0.2, 0) is 4.79 Å². The van der Waals surface area contributed by atoms with Crippen LogP contribution in [0.2, 0.25) is 0 Å². The van der Waals surface area contributed by atoms with Crippen LogP contribution in [0.4, 0.5) is 0 Å². The summed E-state index contributed by atoms with van der Waals surface area (Å²) < 4.78 is 4.97. The molecule has 0 aliphatic carbocycles. The summed E-state index contributed by atoms with van der Waals surface area (Å²) in [6, 6.07) is 8.80. The number of hydrogen-bond acceptors (Lipinski definition) is 6. The third-order valence-electron chi connectivity index (χ3n) is 3.26. The van der Waals surface area contributed by atoms with E-state index >= 15 is 0 Å². The van der Waals surface area contributed by atoms with Crippen molar-refractivity contribution in [3.63, 3.8) is 0 Å². The molecule has 0 radical (unpaired) electrons. The number of aliphatic carboxylic acids is 1. The number of nitrogen functional groups attached to an aromatic ring is 1. The Hall–Kier alpha value is -3.46. The number of nitrogens with two attached hydrogens (primary N) is 1. The van der Waals surface area contributed by atoms with E-state index in [4.69, 9.17) is 21.0 Å². The molecular weight excluding hydrogens is 376 g/mol. The molecule has 0 fully saturated rings. The van der Waals surface area contributed by atoms with E-state index in [1.54, 1.807) is 0 Å². The van der Waals surface area contributed by atoms with Crippen molar-refractivity contribution in [2.75, 3.05) is 13.2 Å². The van der Waals surface area contributed by atoms with Crippen LogP contribution in [-0.4, -0.2) is 46.7 Å². The van der Waals surface area contributed by atoms with Crippen molar-refractivity contribution < 1.29 is 24.2 Å². The number of pyridine rings is 1. The quantitative estimate of drug-likeness (QED) is 0.295. The Balaban J connectivity index is 0.00000364. The molecule has 10 heteroatoms. The molecular formula is C17H17ClN4O5. The number of ketones is 1. The van der Waals surface area contributed by atoms with E-state index in [0.717, 1.165) is 0 Å². The number of nitrogens with zero attached hydrogens (tertiary/aromatic N) is 1. The largest absolute Gasteiger partial charge is 0.482 e. The van der Waals surface area contributed by atoms with Crippen molar-refractivity contribution in [3.8, 4) is 5.75 Å². The summed E-state index contributed by atoms with van der Waals surface area (Å²) >= 11 is 0. The van der Waals surface area contributed by atoms with Gasteiger partial charge in [-0.1, -0.05) is 0 Å². The number of amides is 1. The van der Waals surface area contributed by atoms with Crippen LogP contribution < -0.4 is 15.8 Å². The highest BCUT2D eigenvalue weighted by Crippen LogP contribution is 2.12. The predicted octanol–water partition coefficient (Wildman–Crippen LogP) is 0.864. The summed E-state index contributed by atoms with van der Waals surface area (Å²) in [5.41, 5.74) is 6.14. The number of carboxylic acids is 1. The fraction of sp³-hybridized carbons (Fsp3) is 0.118. The summed E-state index contributed by atoms with van der Waals surface area (Å²) in [5, 5.41) is 18.3. The minimum Gasteiger partial charge on any atom is -0.482 e. The highest BCUT2D eigenvalue weighted by atomic mass is 35.5. The average Bonchev–Trinajstić information content (AvgIpc) is 2.64. The molecule has 5 N–H and O–H groups in total. The Morgan fingerprint density at radius 2 is 1.74 bits per heavy atom. The summed E-state index contributed by atoms with van der Waals surface area (Å²) in [7, 11) is 0. The third-order valence-corrected chi connectivity index (χ3v) is 3.26. The van der Waals surface area contributed by atoms with Gasteiger partial charge in [-0.2, -0.15) is 0 Å². The van der Waals surface area contributed by atoms with Crippen molar-refractivity contribution in [3.05, 3.63) is 59.4 Å². The first-order chi connectivity index (χ1) is 12.4. The lowest BCUT2D eigenvalue weighted by Gasteiger charge is -2.06. The van der Waals surface area contributed by atoms with Gasteiger partial charge in [-0.05, 0) is 36.4 Å². The number of benzene rings is 1. The molecule has 0 unspecified atom stereocenters. The Bertz CT molecular complexity index is 837. The van der Waals surface area contributed by atoms with E-state index in [9.17, 15) is 14.4 Å². The fourth-order valence-electron chi connectivity index (χ4n) is 1.92. The molecule has 142 valence electrons. The molecule has 2 rings (SSSR count). The number of hydrogen-bond donors (Lipinski definition) is 4. The van der Waals surface area contributed by atoms with Gasteiger partial charge in [0.1, 0.15) is 17.3 Å². The number of carbonyl (C=O) groups is 3. The van der Waals surface area contributed by atoms with Crippen molar-refractivity contribution >= 4 is 35.9 Å². The van der Waals surface area contributed by atoms with Gasteiger partial charge in [0.2, 0.25) is 0 Å². The highest BCUT2D eigenvalue weighted by Gasteiger charge is 2.11. The lowest BCUT2D eigenvalue weighted by Crippen LogP contribution is -2.30. The Morgan fingerprint density at radius 3 is 2.26 bits per heavy atom. The van der Waals surface area contributed by atoms with Crippen molar-refractivity contribution in [2.24, 2.45) is 5.73 Å². The predicted molar refractivity (Wildman–Crippen MR) is 98.7 cm³/mol. The van der Waals surface area contributed by atoms with Gasteiger partial charge in [-0.25, -0.2) is 4.79 Å². The molecule has 1 heterocycles. The first-order valence-corrected chi connectivity index (χ1v) is 7.43. The Labute approximate surface area is 160 Å². The molecule has 9 nitrogen and oxygen atoms in total. The van der Waals surface area contributed by atoms with Crippen LogP contribution in [0, 0.1) is 5.41 Å². The molecule has 1 aromatic carbocycles. The van der Waals surface area contributed by atoms with Crippen molar-refractivity contribution in [1.82, 2.24) is 10.3 Å². The van der Waals surface area contributed by atoms with Gasteiger partial charge in [0, 0.05) is 17.3 Å². The summed E-state index contributed by atoms with van der Waals surface area (Å²) in [5.74, 6) is -1.80. The van der Waals surface area contributed by atoms with Crippen LogP contribution in [0.5, 0.6) is 5.75 Å². The van der Waals surface area contributed by atoms with E-state index in [0.29, 0.717) is 16.9 Å². The second-order valence-corrected chi connectivity index (χ2v) is 5.16. The summed E-state index contributed by atoms with van der Waals surface area (Å²) in [6.45, 7) is -0.705. The maximum atomic E-state index is 12.1. The number of ether oxygens (including phenoxy) is 1. The van der Waals surface area contributed by atoms with Crippen LogP contribution in [0.15, 0.2) is 42.6 Å². The van der Waals surface area contributed by atoms with Crippen LogP contribution >= 0.6 is 12.4 Å².